The fraction of sp³-hybridized carbons (Fsp3) is 0.538. The smallest absolute Gasteiger partial charge is 0.0607 e. The van der Waals surface area contributed by atoms with Crippen LogP contribution >= 0.6 is 0 Å². The van der Waals surface area contributed by atoms with Crippen molar-refractivity contribution in [2.24, 2.45) is 0 Å². The van der Waals surface area contributed by atoms with Crippen molar-refractivity contribution in [1.29, 1.82) is 0 Å². The average Bonchev–Trinajstić information content (AvgIpc) is 2.29. The minimum atomic E-state index is -0.223. The number of nitrogens with one attached hydrogen (secondary N) is 1. The second-order valence-electron chi connectivity index (χ2n) is 4.26. The molecule has 0 aromatic heterocycles. The summed E-state index contributed by atoms with van der Waals surface area (Å²) in [7, 11) is 0. The van der Waals surface area contributed by atoms with Crippen LogP contribution < -0.4 is 5.32 Å². The van der Waals surface area contributed by atoms with Gasteiger partial charge in [-0.05, 0) is 31.4 Å². The normalized spacial score (nSPS) is 13.1. The molecule has 1 unspecified atom stereocenters. The summed E-state index contributed by atoms with van der Waals surface area (Å²) in [4.78, 5) is 0. The monoisotopic (exact) mass is 223 g/mol. The topological polar surface area (TPSA) is 52.5 Å². The second-order valence-corrected chi connectivity index (χ2v) is 4.26. The molecule has 0 bridgehead atoms. The predicted molar refractivity (Wildman–Crippen MR) is 65.4 cm³/mol. The quantitative estimate of drug-likeness (QED) is 0.670. The van der Waals surface area contributed by atoms with Crippen molar-refractivity contribution in [3.63, 3.8) is 0 Å². The van der Waals surface area contributed by atoms with Crippen molar-refractivity contribution in [2.45, 2.75) is 32.4 Å². The lowest BCUT2D eigenvalue weighted by molar-refractivity contribution is 0.163. The summed E-state index contributed by atoms with van der Waals surface area (Å²) >= 11 is 0. The van der Waals surface area contributed by atoms with E-state index in [0.717, 1.165) is 6.42 Å². The molecule has 0 amide bonds. The Bertz CT molecular complexity index is 311. The maximum atomic E-state index is 8.97. The molecule has 3 nitrogen and oxygen atoms in total. The molecular formula is C13H21NO2. The van der Waals surface area contributed by atoms with Gasteiger partial charge < -0.3 is 15.5 Å². The molecule has 0 spiro atoms. The van der Waals surface area contributed by atoms with E-state index in [1.165, 1.54) is 11.1 Å². The first kappa shape index (κ1) is 13.2. The molecule has 1 aromatic rings. The molecule has 0 heterocycles. The van der Waals surface area contributed by atoms with E-state index in [2.05, 4.69) is 31.3 Å². The number of hydrogen-bond acceptors (Lipinski definition) is 3. The molecule has 0 aliphatic carbocycles. The Kier molecular flexibility index (Phi) is 5.46. The van der Waals surface area contributed by atoms with Crippen LogP contribution in [0.5, 0.6) is 0 Å². The van der Waals surface area contributed by atoms with Gasteiger partial charge in [0.15, 0.2) is 0 Å². The van der Waals surface area contributed by atoms with Crippen molar-refractivity contribution < 1.29 is 10.2 Å². The molecule has 0 saturated carbocycles. The van der Waals surface area contributed by atoms with Gasteiger partial charge in [-0.15, -0.1) is 0 Å². The minimum absolute atomic E-state index is 0.0331. The second kappa shape index (κ2) is 6.63. The van der Waals surface area contributed by atoms with E-state index in [-0.39, 0.29) is 25.3 Å². The van der Waals surface area contributed by atoms with Crippen LogP contribution in [0, 0.1) is 6.92 Å². The number of aliphatic hydroxyl groups excluding tert-OH is 2. The Hall–Kier alpha value is -0.900. The van der Waals surface area contributed by atoms with E-state index in [1.807, 2.05) is 12.1 Å². The average molecular weight is 223 g/mol. The van der Waals surface area contributed by atoms with Crippen LogP contribution in [0.4, 0.5) is 0 Å². The zero-order valence-electron chi connectivity index (χ0n) is 9.98. The Morgan fingerprint density at radius 2 is 1.81 bits per heavy atom. The van der Waals surface area contributed by atoms with Crippen LogP contribution in [0.1, 0.15) is 18.1 Å². The van der Waals surface area contributed by atoms with E-state index >= 15 is 0 Å². The van der Waals surface area contributed by atoms with Gasteiger partial charge in [0, 0.05) is 6.04 Å². The molecule has 1 atom stereocenters. The Morgan fingerprint density at radius 3 is 2.38 bits per heavy atom. The number of benzene rings is 1. The predicted octanol–water partition coefficient (Wildman–Crippen LogP) is 0.869. The summed E-state index contributed by atoms with van der Waals surface area (Å²) < 4.78 is 0. The van der Waals surface area contributed by atoms with Gasteiger partial charge >= 0.3 is 0 Å². The van der Waals surface area contributed by atoms with Gasteiger partial charge in [-0.2, -0.15) is 0 Å². The molecule has 0 saturated heterocycles. The van der Waals surface area contributed by atoms with Crippen molar-refractivity contribution >= 4 is 0 Å². The van der Waals surface area contributed by atoms with Gasteiger partial charge in [0.1, 0.15) is 0 Å². The highest BCUT2D eigenvalue weighted by Gasteiger charge is 2.11. The highest BCUT2D eigenvalue weighted by molar-refractivity contribution is 5.26. The van der Waals surface area contributed by atoms with E-state index in [9.17, 15) is 0 Å². The van der Waals surface area contributed by atoms with Crippen molar-refractivity contribution in [2.75, 3.05) is 13.2 Å². The highest BCUT2D eigenvalue weighted by atomic mass is 16.3. The molecule has 1 rings (SSSR count). The van der Waals surface area contributed by atoms with Crippen molar-refractivity contribution in [1.82, 2.24) is 5.32 Å². The van der Waals surface area contributed by atoms with Crippen molar-refractivity contribution in [3.8, 4) is 0 Å². The molecule has 0 radical (unpaired) electrons. The number of hydrogen-bond donors (Lipinski definition) is 3. The summed E-state index contributed by atoms with van der Waals surface area (Å²) in [6.45, 7) is 4.09. The van der Waals surface area contributed by atoms with Crippen LogP contribution in [0.25, 0.3) is 0 Å². The third-order valence-electron chi connectivity index (χ3n) is 2.75. The maximum absolute atomic E-state index is 8.97. The largest absolute Gasteiger partial charge is 0.395 e. The molecule has 0 aliphatic rings. The molecule has 1 aromatic carbocycles. The van der Waals surface area contributed by atoms with E-state index in [0.29, 0.717) is 0 Å². The fourth-order valence-electron chi connectivity index (χ4n) is 1.79. The van der Waals surface area contributed by atoms with Crippen LogP contribution in [-0.2, 0) is 6.42 Å². The van der Waals surface area contributed by atoms with Gasteiger partial charge in [0.25, 0.3) is 0 Å². The first-order valence-electron chi connectivity index (χ1n) is 5.69. The van der Waals surface area contributed by atoms with Gasteiger partial charge in [-0.1, -0.05) is 24.3 Å². The Morgan fingerprint density at radius 1 is 1.19 bits per heavy atom. The zero-order valence-corrected chi connectivity index (χ0v) is 9.98. The molecule has 0 fully saturated rings. The lowest BCUT2D eigenvalue weighted by Gasteiger charge is -2.20. The summed E-state index contributed by atoms with van der Waals surface area (Å²) in [5, 5.41) is 21.1. The SMILES string of the molecule is Cc1ccccc1CC(C)NC(CO)CO. The molecular weight excluding hydrogens is 202 g/mol. The summed E-state index contributed by atoms with van der Waals surface area (Å²) in [6, 6.07) is 8.29. The minimum Gasteiger partial charge on any atom is -0.395 e. The summed E-state index contributed by atoms with van der Waals surface area (Å²) in [5.74, 6) is 0. The third kappa shape index (κ3) is 3.93. The Labute approximate surface area is 97.1 Å². The molecule has 3 heteroatoms. The van der Waals surface area contributed by atoms with E-state index < -0.39 is 0 Å². The third-order valence-corrected chi connectivity index (χ3v) is 2.75. The first-order chi connectivity index (χ1) is 7.67. The van der Waals surface area contributed by atoms with Crippen LogP contribution in [0.3, 0.4) is 0 Å². The Balaban J connectivity index is 2.51. The lowest BCUT2D eigenvalue weighted by Crippen LogP contribution is -2.42. The zero-order chi connectivity index (χ0) is 12.0. The lowest BCUT2D eigenvalue weighted by atomic mass is 10.0. The van der Waals surface area contributed by atoms with Crippen LogP contribution in [-0.4, -0.2) is 35.5 Å². The van der Waals surface area contributed by atoms with Crippen LogP contribution in [0.15, 0.2) is 24.3 Å². The standard InChI is InChI=1S/C13H21NO2/c1-10-5-3-4-6-12(10)7-11(2)14-13(8-15)9-16/h3-6,11,13-16H,7-9H2,1-2H3. The van der Waals surface area contributed by atoms with Gasteiger partial charge in [0.2, 0.25) is 0 Å². The molecule has 16 heavy (non-hydrogen) atoms. The van der Waals surface area contributed by atoms with Gasteiger partial charge in [0.05, 0.1) is 19.3 Å². The van der Waals surface area contributed by atoms with Gasteiger partial charge in [-0.25, -0.2) is 0 Å². The van der Waals surface area contributed by atoms with Crippen molar-refractivity contribution in [3.05, 3.63) is 35.4 Å². The van der Waals surface area contributed by atoms with Crippen LogP contribution in [0.2, 0.25) is 0 Å². The molecule has 90 valence electrons. The summed E-state index contributed by atoms with van der Waals surface area (Å²) in [6.07, 6.45) is 0.906. The molecule has 0 aliphatic heterocycles. The molecule has 3 N–H and O–H groups in total. The maximum Gasteiger partial charge on any atom is 0.0607 e. The number of rotatable bonds is 6. The van der Waals surface area contributed by atoms with Gasteiger partial charge in [-0.3, -0.25) is 0 Å². The van der Waals surface area contributed by atoms with E-state index in [4.69, 9.17) is 10.2 Å². The first-order valence-corrected chi connectivity index (χ1v) is 5.69. The summed E-state index contributed by atoms with van der Waals surface area (Å²) in [5.41, 5.74) is 2.58. The fourth-order valence-corrected chi connectivity index (χ4v) is 1.79. The number of aryl methyl sites for hydroxylation is 1. The number of aliphatic hydroxyl groups is 2. The highest BCUT2D eigenvalue weighted by Crippen LogP contribution is 2.09. The van der Waals surface area contributed by atoms with E-state index in [1.54, 1.807) is 0 Å².